The highest BCUT2D eigenvalue weighted by Crippen LogP contribution is 2.17. The highest BCUT2D eigenvalue weighted by Gasteiger charge is 2.26. The molecule has 0 radical (unpaired) electrons. The molecule has 0 N–H and O–H groups in total. The van der Waals surface area contributed by atoms with E-state index in [1.54, 1.807) is 6.08 Å². The topological polar surface area (TPSA) is 43.9 Å². The zero-order valence-corrected chi connectivity index (χ0v) is 16.6. The van der Waals surface area contributed by atoms with Crippen LogP contribution in [0.3, 0.4) is 0 Å². The van der Waals surface area contributed by atoms with E-state index in [9.17, 15) is 9.59 Å². The molecule has 1 aromatic rings. The summed E-state index contributed by atoms with van der Waals surface area (Å²) >= 11 is 0. The van der Waals surface area contributed by atoms with Gasteiger partial charge in [-0.3, -0.25) is 14.5 Å². The van der Waals surface area contributed by atoms with Crippen molar-refractivity contribution in [2.45, 2.75) is 39.2 Å². The second-order valence-corrected chi connectivity index (χ2v) is 7.78. The van der Waals surface area contributed by atoms with E-state index < -0.39 is 0 Å². The fourth-order valence-corrected chi connectivity index (χ4v) is 3.83. The molecule has 146 valence electrons. The van der Waals surface area contributed by atoms with Gasteiger partial charge in [0.05, 0.1) is 6.54 Å². The monoisotopic (exact) mass is 369 g/mol. The van der Waals surface area contributed by atoms with Gasteiger partial charge in [0, 0.05) is 44.8 Å². The molecule has 0 bridgehead atoms. The molecule has 0 unspecified atom stereocenters. The number of hydrogen-bond donors (Lipinski definition) is 0. The van der Waals surface area contributed by atoms with Crippen molar-refractivity contribution in [1.29, 1.82) is 0 Å². The van der Waals surface area contributed by atoms with Crippen LogP contribution in [0.25, 0.3) is 6.08 Å². The number of hydrogen-bond acceptors (Lipinski definition) is 3. The lowest BCUT2D eigenvalue weighted by molar-refractivity contribution is -0.136. The van der Waals surface area contributed by atoms with Gasteiger partial charge in [-0.25, -0.2) is 0 Å². The van der Waals surface area contributed by atoms with Crippen LogP contribution in [0.15, 0.2) is 30.3 Å². The minimum Gasteiger partial charge on any atom is -0.339 e. The summed E-state index contributed by atoms with van der Waals surface area (Å²) in [5.41, 5.74) is 2.25. The Morgan fingerprint density at radius 1 is 1.04 bits per heavy atom. The molecule has 2 fully saturated rings. The van der Waals surface area contributed by atoms with Crippen molar-refractivity contribution in [3.63, 3.8) is 0 Å². The lowest BCUT2D eigenvalue weighted by Gasteiger charge is -2.37. The Bertz CT molecular complexity index is 675. The van der Waals surface area contributed by atoms with E-state index in [1.807, 2.05) is 40.1 Å². The molecule has 2 aliphatic rings. The molecule has 2 aliphatic heterocycles. The highest BCUT2D eigenvalue weighted by molar-refractivity contribution is 5.91. The van der Waals surface area contributed by atoms with E-state index in [-0.39, 0.29) is 11.8 Å². The van der Waals surface area contributed by atoms with Crippen LogP contribution < -0.4 is 0 Å². The third kappa shape index (κ3) is 5.42. The SMILES string of the molecule is Cc1ccc(/C=C/C(=O)N2CCN(CC(=O)N3CCCC[C@H]3C)CC2)cc1. The molecule has 0 saturated carbocycles. The number of amides is 2. The number of rotatable bonds is 4. The van der Waals surface area contributed by atoms with Gasteiger partial charge in [-0.2, -0.15) is 0 Å². The molecule has 2 amide bonds. The largest absolute Gasteiger partial charge is 0.339 e. The molecule has 2 saturated heterocycles. The van der Waals surface area contributed by atoms with Crippen LogP contribution in [0, 0.1) is 6.92 Å². The van der Waals surface area contributed by atoms with Crippen LogP contribution in [0.1, 0.15) is 37.3 Å². The van der Waals surface area contributed by atoms with Crippen LogP contribution >= 0.6 is 0 Å². The second-order valence-electron chi connectivity index (χ2n) is 7.78. The van der Waals surface area contributed by atoms with Gasteiger partial charge in [0.25, 0.3) is 0 Å². The fourth-order valence-electron chi connectivity index (χ4n) is 3.83. The number of piperidine rings is 1. The minimum absolute atomic E-state index is 0.0474. The molecule has 5 nitrogen and oxygen atoms in total. The van der Waals surface area contributed by atoms with Crippen LogP contribution in [0.4, 0.5) is 0 Å². The number of nitrogens with zero attached hydrogens (tertiary/aromatic N) is 3. The standard InChI is InChI=1S/C22H31N3O2/c1-18-6-8-20(9-7-18)10-11-21(26)24-15-13-23(14-16-24)17-22(27)25-12-4-3-5-19(25)2/h6-11,19H,3-5,12-17H2,1-2H3/b11-10+/t19-/m1/s1. The molecule has 0 aliphatic carbocycles. The average molecular weight is 370 g/mol. The number of benzene rings is 1. The van der Waals surface area contributed by atoms with Crippen molar-refractivity contribution >= 4 is 17.9 Å². The van der Waals surface area contributed by atoms with Crippen LogP contribution in [-0.2, 0) is 9.59 Å². The molecular weight excluding hydrogens is 338 g/mol. The first-order valence-electron chi connectivity index (χ1n) is 10.1. The maximum absolute atomic E-state index is 12.6. The smallest absolute Gasteiger partial charge is 0.246 e. The van der Waals surface area contributed by atoms with Gasteiger partial charge in [-0.1, -0.05) is 29.8 Å². The summed E-state index contributed by atoms with van der Waals surface area (Å²) < 4.78 is 0. The normalized spacial score (nSPS) is 21.6. The Hall–Kier alpha value is -2.14. The maximum Gasteiger partial charge on any atom is 0.246 e. The predicted molar refractivity (Wildman–Crippen MR) is 108 cm³/mol. The van der Waals surface area contributed by atoms with Crippen molar-refractivity contribution in [3.8, 4) is 0 Å². The second kappa shape index (κ2) is 9.18. The predicted octanol–water partition coefficient (Wildman–Crippen LogP) is 2.55. The van der Waals surface area contributed by atoms with Crippen molar-refractivity contribution in [2.24, 2.45) is 0 Å². The molecule has 1 atom stereocenters. The molecule has 2 heterocycles. The third-order valence-corrected chi connectivity index (χ3v) is 5.66. The first kappa shape index (κ1) is 19.6. The van der Waals surface area contributed by atoms with E-state index in [2.05, 4.69) is 18.7 Å². The molecule has 27 heavy (non-hydrogen) atoms. The molecule has 0 spiro atoms. The Balaban J connectivity index is 1.44. The van der Waals surface area contributed by atoms with Gasteiger partial charge in [0.1, 0.15) is 0 Å². The van der Waals surface area contributed by atoms with Gasteiger partial charge in [-0.15, -0.1) is 0 Å². The highest BCUT2D eigenvalue weighted by atomic mass is 16.2. The summed E-state index contributed by atoms with van der Waals surface area (Å²) in [6.45, 7) is 8.45. The Kier molecular flexibility index (Phi) is 6.67. The van der Waals surface area contributed by atoms with Crippen LogP contribution in [0.5, 0.6) is 0 Å². The van der Waals surface area contributed by atoms with Gasteiger partial charge >= 0.3 is 0 Å². The maximum atomic E-state index is 12.6. The van der Waals surface area contributed by atoms with Gasteiger partial charge in [0.15, 0.2) is 0 Å². The molecule has 0 aromatic heterocycles. The number of carbonyl (C=O) groups is 2. The molecule has 5 heteroatoms. The summed E-state index contributed by atoms with van der Waals surface area (Å²) in [5, 5.41) is 0. The quantitative estimate of drug-likeness (QED) is 0.766. The van der Waals surface area contributed by atoms with Gasteiger partial charge in [0.2, 0.25) is 11.8 Å². The number of piperazine rings is 1. The van der Waals surface area contributed by atoms with E-state index in [0.717, 1.165) is 38.0 Å². The van der Waals surface area contributed by atoms with Crippen molar-refractivity contribution in [3.05, 3.63) is 41.5 Å². The van der Waals surface area contributed by atoms with E-state index in [4.69, 9.17) is 0 Å². The third-order valence-electron chi connectivity index (χ3n) is 5.66. The summed E-state index contributed by atoms with van der Waals surface area (Å²) in [7, 11) is 0. The number of carbonyl (C=O) groups excluding carboxylic acids is 2. The zero-order chi connectivity index (χ0) is 19.2. The van der Waals surface area contributed by atoms with Crippen molar-refractivity contribution in [1.82, 2.24) is 14.7 Å². The summed E-state index contributed by atoms with van der Waals surface area (Å²) in [4.78, 5) is 31.1. The lowest BCUT2D eigenvalue weighted by atomic mass is 10.0. The minimum atomic E-state index is 0.0474. The number of likely N-dealkylation sites (tertiary alicyclic amines) is 1. The first-order chi connectivity index (χ1) is 13.0. The first-order valence-corrected chi connectivity index (χ1v) is 10.1. The fraction of sp³-hybridized carbons (Fsp3) is 0.545. The summed E-state index contributed by atoms with van der Waals surface area (Å²) in [6, 6.07) is 8.49. The lowest BCUT2D eigenvalue weighted by Crippen LogP contribution is -2.52. The molecular formula is C22H31N3O2. The molecule has 3 rings (SSSR count). The Morgan fingerprint density at radius 3 is 2.41 bits per heavy atom. The van der Waals surface area contributed by atoms with Gasteiger partial charge in [-0.05, 0) is 44.7 Å². The van der Waals surface area contributed by atoms with Crippen molar-refractivity contribution < 1.29 is 9.59 Å². The van der Waals surface area contributed by atoms with Crippen LogP contribution in [-0.4, -0.2) is 71.8 Å². The Morgan fingerprint density at radius 2 is 1.74 bits per heavy atom. The van der Waals surface area contributed by atoms with E-state index >= 15 is 0 Å². The van der Waals surface area contributed by atoms with Gasteiger partial charge < -0.3 is 9.80 Å². The van der Waals surface area contributed by atoms with Crippen molar-refractivity contribution in [2.75, 3.05) is 39.3 Å². The van der Waals surface area contributed by atoms with Crippen LogP contribution in [0.2, 0.25) is 0 Å². The number of aryl methyl sites for hydroxylation is 1. The summed E-state index contributed by atoms with van der Waals surface area (Å²) in [5.74, 6) is 0.285. The Labute approximate surface area is 162 Å². The molecule has 1 aromatic carbocycles. The summed E-state index contributed by atoms with van der Waals surface area (Å²) in [6.07, 6.45) is 6.98. The van der Waals surface area contributed by atoms with E-state index in [1.165, 1.54) is 12.0 Å². The zero-order valence-electron chi connectivity index (χ0n) is 16.6. The average Bonchev–Trinajstić information content (AvgIpc) is 2.68. The van der Waals surface area contributed by atoms with E-state index in [0.29, 0.717) is 25.7 Å².